The van der Waals surface area contributed by atoms with Gasteiger partial charge >= 0.3 is 0 Å². The smallest absolute Gasteiger partial charge is 0.148 e. The average Bonchev–Trinajstić information content (AvgIpc) is 2.81. The molecule has 0 aliphatic heterocycles. The van der Waals surface area contributed by atoms with Crippen LogP contribution in [0.5, 0.6) is 0 Å². The molecule has 5 heteroatoms. The normalized spacial score (nSPS) is 10.6. The summed E-state index contributed by atoms with van der Waals surface area (Å²) in [5.74, 6) is 0.813. The summed E-state index contributed by atoms with van der Waals surface area (Å²) in [5.41, 5.74) is 2.49. The molecule has 0 bridgehead atoms. The SMILES string of the molecule is CNCc1ccc[c]c1CCc1nnn[nH]1. The number of rotatable bonds is 5. The van der Waals surface area contributed by atoms with Gasteiger partial charge < -0.3 is 5.32 Å². The van der Waals surface area contributed by atoms with Crippen molar-refractivity contribution in [3.05, 3.63) is 41.2 Å². The summed E-state index contributed by atoms with van der Waals surface area (Å²) in [6.07, 6.45) is 1.71. The molecule has 0 atom stereocenters. The second-order valence-corrected chi connectivity index (χ2v) is 3.55. The molecule has 0 saturated heterocycles. The molecule has 16 heavy (non-hydrogen) atoms. The Labute approximate surface area is 94.3 Å². The van der Waals surface area contributed by atoms with Crippen molar-refractivity contribution in [1.82, 2.24) is 25.9 Å². The van der Waals surface area contributed by atoms with Crippen LogP contribution in [0.3, 0.4) is 0 Å². The first-order valence-electron chi connectivity index (χ1n) is 5.26. The summed E-state index contributed by atoms with van der Waals surface area (Å²) in [5, 5.41) is 16.9. The van der Waals surface area contributed by atoms with Crippen LogP contribution in [0, 0.1) is 6.07 Å². The summed E-state index contributed by atoms with van der Waals surface area (Å²) in [6.45, 7) is 0.862. The Morgan fingerprint density at radius 3 is 3.12 bits per heavy atom. The Kier molecular flexibility index (Phi) is 3.61. The van der Waals surface area contributed by atoms with Crippen LogP contribution in [-0.4, -0.2) is 27.7 Å². The minimum Gasteiger partial charge on any atom is -0.316 e. The maximum atomic E-state index is 3.86. The second-order valence-electron chi connectivity index (χ2n) is 3.55. The fraction of sp³-hybridized carbons (Fsp3) is 0.364. The van der Waals surface area contributed by atoms with Gasteiger partial charge in [0.25, 0.3) is 0 Å². The Morgan fingerprint density at radius 1 is 1.44 bits per heavy atom. The third kappa shape index (κ3) is 2.64. The topological polar surface area (TPSA) is 66.5 Å². The van der Waals surface area contributed by atoms with Gasteiger partial charge in [-0.15, -0.1) is 5.10 Å². The number of nitrogens with one attached hydrogen (secondary N) is 2. The van der Waals surface area contributed by atoms with Gasteiger partial charge in [0.2, 0.25) is 0 Å². The van der Waals surface area contributed by atoms with Gasteiger partial charge in [-0.3, -0.25) is 0 Å². The van der Waals surface area contributed by atoms with Crippen molar-refractivity contribution in [2.24, 2.45) is 0 Å². The molecule has 2 rings (SSSR count). The highest BCUT2D eigenvalue weighted by Gasteiger charge is 2.03. The van der Waals surface area contributed by atoms with E-state index in [0.29, 0.717) is 0 Å². The van der Waals surface area contributed by atoms with E-state index in [4.69, 9.17) is 0 Å². The average molecular weight is 216 g/mol. The standard InChI is InChI=1S/C11H14N5/c1-12-8-10-5-3-2-4-9(10)6-7-11-13-15-16-14-11/h2-3,5,12H,6-8H2,1H3,(H,13,14,15,16). The van der Waals surface area contributed by atoms with Gasteiger partial charge in [0.05, 0.1) is 0 Å². The monoisotopic (exact) mass is 216 g/mol. The van der Waals surface area contributed by atoms with Gasteiger partial charge in [-0.25, -0.2) is 5.10 Å². The number of benzene rings is 1. The molecule has 0 spiro atoms. The summed E-state index contributed by atoms with van der Waals surface area (Å²) >= 11 is 0. The highest BCUT2D eigenvalue weighted by atomic mass is 15.5. The number of aryl methyl sites for hydroxylation is 2. The van der Waals surface area contributed by atoms with Gasteiger partial charge in [0, 0.05) is 13.0 Å². The van der Waals surface area contributed by atoms with Crippen molar-refractivity contribution in [3.63, 3.8) is 0 Å². The van der Waals surface area contributed by atoms with Crippen LogP contribution >= 0.6 is 0 Å². The van der Waals surface area contributed by atoms with Gasteiger partial charge in [0.1, 0.15) is 5.82 Å². The van der Waals surface area contributed by atoms with E-state index in [1.54, 1.807) is 0 Å². The summed E-state index contributed by atoms with van der Waals surface area (Å²) in [4.78, 5) is 0. The Bertz CT molecular complexity index is 424. The fourth-order valence-electron chi connectivity index (χ4n) is 1.62. The highest BCUT2D eigenvalue weighted by molar-refractivity contribution is 5.26. The molecule has 2 aromatic rings. The van der Waals surface area contributed by atoms with Crippen molar-refractivity contribution >= 4 is 0 Å². The predicted molar refractivity (Wildman–Crippen MR) is 59.6 cm³/mol. The van der Waals surface area contributed by atoms with Crippen molar-refractivity contribution in [3.8, 4) is 0 Å². The first-order valence-corrected chi connectivity index (χ1v) is 5.26. The number of aromatic nitrogens is 4. The van der Waals surface area contributed by atoms with E-state index in [1.165, 1.54) is 11.1 Å². The molecule has 1 heterocycles. The van der Waals surface area contributed by atoms with Crippen molar-refractivity contribution in [1.29, 1.82) is 0 Å². The van der Waals surface area contributed by atoms with E-state index in [9.17, 15) is 0 Å². The van der Waals surface area contributed by atoms with E-state index >= 15 is 0 Å². The van der Waals surface area contributed by atoms with Gasteiger partial charge in [-0.05, 0) is 41.1 Å². The van der Waals surface area contributed by atoms with E-state index in [2.05, 4.69) is 38.1 Å². The molecule has 1 radical (unpaired) electrons. The fourth-order valence-corrected chi connectivity index (χ4v) is 1.62. The first-order chi connectivity index (χ1) is 7.90. The quantitative estimate of drug-likeness (QED) is 0.764. The molecule has 1 aromatic carbocycles. The number of hydrogen-bond acceptors (Lipinski definition) is 4. The molecule has 0 aliphatic rings. The van der Waals surface area contributed by atoms with Gasteiger partial charge in [-0.2, -0.15) is 0 Å². The Balaban J connectivity index is 2.03. The lowest BCUT2D eigenvalue weighted by atomic mass is 10.0. The maximum absolute atomic E-state index is 3.86. The molecule has 0 amide bonds. The minimum atomic E-state index is 0.810. The lowest BCUT2D eigenvalue weighted by molar-refractivity contribution is 0.788. The molecule has 0 fully saturated rings. The number of H-pyrrole nitrogens is 1. The zero-order valence-electron chi connectivity index (χ0n) is 9.20. The van der Waals surface area contributed by atoms with Crippen LogP contribution in [0.1, 0.15) is 17.0 Å². The molecular formula is C11H14N5. The van der Waals surface area contributed by atoms with E-state index in [0.717, 1.165) is 25.2 Å². The van der Waals surface area contributed by atoms with Gasteiger partial charge in [-0.1, -0.05) is 18.2 Å². The van der Waals surface area contributed by atoms with Crippen LogP contribution in [0.4, 0.5) is 0 Å². The van der Waals surface area contributed by atoms with Crippen LogP contribution in [0.2, 0.25) is 0 Å². The molecule has 0 unspecified atom stereocenters. The molecule has 2 N–H and O–H groups in total. The lowest BCUT2D eigenvalue weighted by Crippen LogP contribution is -2.08. The van der Waals surface area contributed by atoms with Crippen molar-refractivity contribution < 1.29 is 0 Å². The number of aromatic amines is 1. The van der Waals surface area contributed by atoms with E-state index < -0.39 is 0 Å². The zero-order valence-corrected chi connectivity index (χ0v) is 9.20. The number of hydrogen-bond donors (Lipinski definition) is 2. The summed E-state index contributed by atoms with van der Waals surface area (Å²) < 4.78 is 0. The maximum Gasteiger partial charge on any atom is 0.148 e. The van der Waals surface area contributed by atoms with E-state index in [-0.39, 0.29) is 0 Å². The summed E-state index contributed by atoms with van der Waals surface area (Å²) in [7, 11) is 1.94. The molecule has 0 aliphatic carbocycles. The first kappa shape index (κ1) is 10.8. The highest BCUT2D eigenvalue weighted by Crippen LogP contribution is 2.10. The lowest BCUT2D eigenvalue weighted by Gasteiger charge is -2.07. The minimum absolute atomic E-state index is 0.810. The summed E-state index contributed by atoms with van der Waals surface area (Å²) in [6, 6.07) is 9.32. The third-order valence-corrected chi connectivity index (χ3v) is 2.41. The van der Waals surface area contributed by atoms with Crippen LogP contribution in [0.15, 0.2) is 18.2 Å². The second kappa shape index (κ2) is 5.37. The molecule has 83 valence electrons. The molecular weight excluding hydrogens is 202 g/mol. The van der Waals surface area contributed by atoms with Crippen LogP contribution in [0.25, 0.3) is 0 Å². The molecule has 1 aromatic heterocycles. The van der Waals surface area contributed by atoms with Crippen LogP contribution in [-0.2, 0) is 19.4 Å². The molecule has 5 nitrogen and oxygen atoms in total. The molecule has 0 saturated carbocycles. The Morgan fingerprint density at radius 2 is 2.38 bits per heavy atom. The Hall–Kier alpha value is -1.75. The van der Waals surface area contributed by atoms with Gasteiger partial charge in [0.15, 0.2) is 0 Å². The number of tetrazole rings is 1. The number of nitrogens with zero attached hydrogens (tertiary/aromatic N) is 3. The third-order valence-electron chi connectivity index (χ3n) is 2.41. The van der Waals surface area contributed by atoms with Crippen molar-refractivity contribution in [2.75, 3.05) is 7.05 Å². The predicted octanol–water partition coefficient (Wildman–Crippen LogP) is 0.504. The zero-order chi connectivity index (χ0) is 11.2. The van der Waals surface area contributed by atoms with Crippen LogP contribution < -0.4 is 5.32 Å². The largest absolute Gasteiger partial charge is 0.316 e. The van der Waals surface area contributed by atoms with Crippen molar-refractivity contribution in [2.45, 2.75) is 19.4 Å². The van der Waals surface area contributed by atoms with E-state index in [1.807, 2.05) is 19.2 Å².